The molecule has 0 aromatic heterocycles. The number of rotatable bonds is 4. The highest BCUT2D eigenvalue weighted by atomic mass is 16.5. The molecule has 3 N–H and O–H groups in total. The van der Waals surface area contributed by atoms with Gasteiger partial charge in [0, 0.05) is 11.4 Å². The average Bonchev–Trinajstić information content (AvgIpc) is 2.76. The Morgan fingerprint density at radius 3 is 2.95 bits per heavy atom. The zero-order chi connectivity index (χ0) is 14.5. The molecule has 1 aliphatic rings. The molecule has 1 aromatic rings. The van der Waals surface area contributed by atoms with Gasteiger partial charge < -0.3 is 20.7 Å². The van der Waals surface area contributed by atoms with E-state index in [0.29, 0.717) is 12.1 Å². The molecule has 2 rings (SSSR count). The first-order valence-electron chi connectivity index (χ1n) is 6.21. The molecule has 7 nitrogen and oxygen atoms in total. The van der Waals surface area contributed by atoms with Crippen LogP contribution < -0.4 is 16.0 Å². The fourth-order valence-corrected chi connectivity index (χ4v) is 1.85. The number of amides is 3. The van der Waals surface area contributed by atoms with Gasteiger partial charge in [0.05, 0.1) is 13.0 Å². The maximum absolute atomic E-state index is 11.6. The number of ether oxygens (including phenoxy) is 1. The Morgan fingerprint density at radius 2 is 2.20 bits per heavy atom. The van der Waals surface area contributed by atoms with Crippen molar-refractivity contribution in [3.63, 3.8) is 0 Å². The van der Waals surface area contributed by atoms with Crippen molar-refractivity contribution in [3.05, 3.63) is 23.8 Å². The lowest BCUT2D eigenvalue weighted by Gasteiger charge is -2.08. The Morgan fingerprint density at radius 1 is 1.40 bits per heavy atom. The van der Waals surface area contributed by atoms with Crippen LogP contribution in [-0.4, -0.2) is 31.1 Å². The maximum Gasteiger partial charge on any atom is 0.325 e. The Bertz CT molecular complexity index is 557. The van der Waals surface area contributed by atoms with E-state index in [9.17, 15) is 14.4 Å². The van der Waals surface area contributed by atoms with Crippen LogP contribution in [0.2, 0.25) is 0 Å². The third-order valence-corrected chi connectivity index (χ3v) is 2.69. The van der Waals surface area contributed by atoms with E-state index in [-0.39, 0.29) is 19.1 Å². The Balaban J connectivity index is 1.87. The number of hydrogen-bond acceptors (Lipinski definition) is 4. The van der Waals surface area contributed by atoms with Crippen molar-refractivity contribution in [3.8, 4) is 0 Å². The molecule has 1 aliphatic heterocycles. The quantitative estimate of drug-likeness (QED) is 0.711. The van der Waals surface area contributed by atoms with Gasteiger partial charge in [0.2, 0.25) is 5.91 Å². The second kappa shape index (κ2) is 6.05. The van der Waals surface area contributed by atoms with Crippen molar-refractivity contribution in [2.75, 3.05) is 23.8 Å². The predicted octanol–water partition coefficient (Wildman–Crippen LogP) is 0.866. The van der Waals surface area contributed by atoms with Crippen LogP contribution in [0.4, 0.5) is 16.2 Å². The molecule has 1 aromatic carbocycles. The number of benzene rings is 1. The maximum atomic E-state index is 11.6. The van der Waals surface area contributed by atoms with Crippen LogP contribution in [0.1, 0.15) is 12.5 Å². The minimum atomic E-state index is -0.504. The zero-order valence-corrected chi connectivity index (χ0v) is 11.0. The molecule has 7 heteroatoms. The fraction of sp³-hybridized carbons (Fsp3) is 0.308. The molecule has 106 valence electrons. The van der Waals surface area contributed by atoms with Crippen LogP contribution in [0.25, 0.3) is 0 Å². The van der Waals surface area contributed by atoms with Crippen LogP contribution in [0.3, 0.4) is 0 Å². The summed E-state index contributed by atoms with van der Waals surface area (Å²) in [6, 6.07) is 4.61. The summed E-state index contributed by atoms with van der Waals surface area (Å²) in [6.07, 6.45) is 0.301. The lowest BCUT2D eigenvalue weighted by Crippen LogP contribution is -2.34. The van der Waals surface area contributed by atoms with Crippen molar-refractivity contribution < 1.29 is 19.1 Å². The molecule has 0 fully saturated rings. The molecule has 3 amide bonds. The molecule has 0 bridgehead atoms. The molecule has 0 unspecified atom stereocenters. The lowest BCUT2D eigenvalue weighted by molar-refractivity contribution is -0.141. The SMILES string of the molecule is CCOC(=O)CNC(=O)Nc1ccc2c(c1)CC(=O)N2. The standard InChI is InChI=1S/C13H15N3O4/c1-2-20-12(18)7-14-13(19)15-9-3-4-10-8(5-9)6-11(17)16-10/h3-5H,2,6-7H2,1H3,(H,16,17)(H2,14,15,19). The molecule has 0 saturated carbocycles. The number of fused-ring (bicyclic) bond motifs is 1. The monoisotopic (exact) mass is 277 g/mol. The van der Waals surface area contributed by atoms with Gasteiger partial charge in [-0.2, -0.15) is 0 Å². The largest absolute Gasteiger partial charge is 0.465 e. The first-order chi connectivity index (χ1) is 9.58. The van der Waals surface area contributed by atoms with E-state index in [0.717, 1.165) is 11.3 Å². The molecular weight excluding hydrogens is 262 g/mol. The van der Waals surface area contributed by atoms with Crippen LogP contribution in [0.15, 0.2) is 18.2 Å². The Labute approximate surface area is 115 Å². The number of anilines is 2. The van der Waals surface area contributed by atoms with E-state index in [1.54, 1.807) is 25.1 Å². The molecule has 0 radical (unpaired) electrons. The second-order valence-corrected chi connectivity index (χ2v) is 4.21. The lowest BCUT2D eigenvalue weighted by atomic mass is 10.1. The van der Waals surface area contributed by atoms with Gasteiger partial charge in [-0.3, -0.25) is 9.59 Å². The van der Waals surface area contributed by atoms with Gasteiger partial charge in [0.25, 0.3) is 0 Å². The fourth-order valence-electron chi connectivity index (χ4n) is 1.85. The average molecular weight is 277 g/mol. The van der Waals surface area contributed by atoms with E-state index < -0.39 is 12.0 Å². The summed E-state index contributed by atoms with van der Waals surface area (Å²) in [7, 11) is 0. The van der Waals surface area contributed by atoms with E-state index in [4.69, 9.17) is 0 Å². The minimum absolute atomic E-state index is 0.0658. The minimum Gasteiger partial charge on any atom is -0.465 e. The summed E-state index contributed by atoms with van der Waals surface area (Å²) < 4.78 is 4.69. The van der Waals surface area contributed by atoms with Gasteiger partial charge in [-0.25, -0.2) is 4.79 Å². The van der Waals surface area contributed by atoms with Gasteiger partial charge in [-0.1, -0.05) is 0 Å². The van der Waals surface area contributed by atoms with Gasteiger partial charge in [-0.15, -0.1) is 0 Å². The first kappa shape index (κ1) is 13.9. The van der Waals surface area contributed by atoms with Crippen molar-refractivity contribution in [2.24, 2.45) is 0 Å². The Kier molecular flexibility index (Phi) is 4.19. The van der Waals surface area contributed by atoms with Crippen molar-refractivity contribution in [1.29, 1.82) is 0 Å². The Hall–Kier alpha value is -2.57. The number of carbonyl (C=O) groups excluding carboxylic acids is 3. The van der Waals surface area contributed by atoms with Crippen LogP contribution in [-0.2, 0) is 20.7 Å². The molecule has 20 heavy (non-hydrogen) atoms. The zero-order valence-electron chi connectivity index (χ0n) is 11.0. The number of hydrogen-bond donors (Lipinski definition) is 3. The molecule has 0 aliphatic carbocycles. The summed E-state index contributed by atoms with van der Waals surface area (Å²) in [4.78, 5) is 33.9. The summed E-state index contributed by atoms with van der Waals surface area (Å²) >= 11 is 0. The third kappa shape index (κ3) is 3.47. The van der Waals surface area contributed by atoms with Gasteiger partial charge in [0.1, 0.15) is 6.54 Å². The second-order valence-electron chi connectivity index (χ2n) is 4.21. The summed E-state index contributed by atoms with van der Waals surface area (Å²) in [6.45, 7) is 1.77. The number of esters is 1. The van der Waals surface area contributed by atoms with Crippen molar-refractivity contribution >= 4 is 29.3 Å². The van der Waals surface area contributed by atoms with Crippen LogP contribution in [0.5, 0.6) is 0 Å². The highest BCUT2D eigenvalue weighted by Crippen LogP contribution is 2.25. The van der Waals surface area contributed by atoms with E-state index in [2.05, 4.69) is 20.7 Å². The number of urea groups is 1. The van der Waals surface area contributed by atoms with Gasteiger partial charge in [-0.05, 0) is 30.7 Å². The summed E-state index contributed by atoms with van der Waals surface area (Å²) in [5.74, 6) is -0.560. The van der Waals surface area contributed by atoms with E-state index in [1.165, 1.54) is 0 Å². The molecule has 0 spiro atoms. The topological polar surface area (TPSA) is 96.5 Å². The highest BCUT2D eigenvalue weighted by molar-refractivity contribution is 6.00. The van der Waals surface area contributed by atoms with Gasteiger partial charge in [0.15, 0.2) is 0 Å². The molecule has 1 heterocycles. The molecule has 0 saturated heterocycles. The van der Waals surface area contributed by atoms with E-state index in [1.807, 2.05) is 0 Å². The van der Waals surface area contributed by atoms with Gasteiger partial charge >= 0.3 is 12.0 Å². The van der Waals surface area contributed by atoms with Crippen LogP contribution >= 0.6 is 0 Å². The smallest absolute Gasteiger partial charge is 0.325 e. The van der Waals surface area contributed by atoms with Crippen molar-refractivity contribution in [1.82, 2.24) is 5.32 Å². The summed E-state index contributed by atoms with van der Waals surface area (Å²) in [5, 5.41) is 7.68. The van der Waals surface area contributed by atoms with Crippen LogP contribution in [0, 0.1) is 0 Å². The predicted molar refractivity (Wildman–Crippen MR) is 72.4 cm³/mol. The third-order valence-electron chi connectivity index (χ3n) is 2.69. The van der Waals surface area contributed by atoms with E-state index >= 15 is 0 Å². The summed E-state index contributed by atoms with van der Waals surface area (Å²) in [5.41, 5.74) is 2.15. The molecule has 0 atom stereocenters. The van der Waals surface area contributed by atoms with Crippen molar-refractivity contribution in [2.45, 2.75) is 13.3 Å². The number of nitrogens with one attached hydrogen (secondary N) is 3. The molecular formula is C13H15N3O4. The first-order valence-corrected chi connectivity index (χ1v) is 6.21. The number of carbonyl (C=O) groups is 3. The normalized spacial score (nSPS) is 12.3. The highest BCUT2D eigenvalue weighted by Gasteiger charge is 2.17.